The summed E-state index contributed by atoms with van der Waals surface area (Å²) in [6.07, 6.45) is 3.30. The average molecular weight is 478 g/mol. The molecule has 10 heteroatoms. The lowest BCUT2D eigenvalue weighted by molar-refractivity contribution is -0.121. The number of nitrogens with one attached hydrogen (secondary N) is 2. The number of benzene rings is 1. The van der Waals surface area contributed by atoms with Crippen molar-refractivity contribution in [3.63, 3.8) is 0 Å². The van der Waals surface area contributed by atoms with E-state index in [1.165, 1.54) is 0 Å². The molecule has 0 aliphatic heterocycles. The van der Waals surface area contributed by atoms with Gasteiger partial charge in [0.15, 0.2) is 0 Å². The van der Waals surface area contributed by atoms with Crippen LogP contribution in [-0.2, 0) is 41.7 Å². The zero-order valence-electron chi connectivity index (χ0n) is 17.4. The van der Waals surface area contributed by atoms with Crippen molar-refractivity contribution in [1.82, 2.24) is 15.3 Å². The number of rotatable bonds is 11. The van der Waals surface area contributed by atoms with E-state index in [0.29, 0.717) is 24.9 Å². The van der Waals surface area contributed by atoms with Crippen LogP contribution in [0, 0.1) is 0 Å². The normalized spacial score (nSPS) is 13.0. The molecule has 166 valence electrons. The van der Waals surface area contributed by atoms with Crippen molar-refractivity contribution < 1.29 is 13.6 Å². The quantitative estimate of drug-likeness (QED) is 0.407. The largest absolute Gasteiger partial charge is 0.755 e. The van der Waals surface area contributed by atoms with Gasteiger partial charge in [-0.3, -0.25) is 9.00 Å². The van der Waals surface area contributed by atoms with Gasteiger partial charge >= 0.3 is 0 Å². The highest BCUT2D eigenvalue weighted by Gasteiger charge is 2.19. The number of hydrogen-bond donors (Lipinski definition) is 2. The molecule has 0 radical (unpaired) electrons. The molecule has 0 saturated heterocycles. The summed E-state index contributed by atoms with van der Waals surface area (Å²) in [5, 5.41) is 9.04. The number of carbonyl (C=O) groups is 1. The van der Waals surface area contributed by atoms with Gasteiger partial charge in [0.1, 0.15) is 5.01 Å². The molecule has 3 rings (SSSR count). The van der Waals surface area contributed by atoms with Gasteiger partial charge in [0.05, 0.1) is 22.4 Å². The molecule has 0 aliphatic carbocycles. The zero-order valence-corrected chi connectivity index (χ0v) is 19.9. The average Bonchev–Trinajstić information content (AvgIpc) is 3.42. The van der Waals surface area contributed by atoms with Crippen molar-refractivity contribution in [3.05, 3.63) is 62.0 Å². The molecule has 1 amide bonds. The van der Waals surface area contributed by atoms with Crippen LogP contribution in [0.3, 0.4) is 0 Å². The molecule has 2 heterocycles. The summed E-state index contributed by atoms with van der Waals surface area (Å²) in [4.78, 5) is 21.9. The molecule has 2 aromatic heterocycles. The molecule has 0 saturated carbocycles. The molecular formula is C21H25N4O3S3-. The van der Waals surface area contributed by atoms with Crippen molar-refractivity contribution in [2.45, 2.75) is 52.0 Å². The fraction of sp³-hybridized carbons (Fsp3) is 0.381. The Hall–Kier alpha value is -2.14. The van der Waals surface area contributed by atoms with E-state index >= 15 is 0 Å². The Balaban J connectivity index is 1.67. The first kappa shape index (κ1) is 23.5. The molecule has 0 bridgehead atoms. The Bertz CT molecular complexity index is 1020. The fourth-order valence-electron chi connectivity index (χ4n) is 3.00. The van der Waals surface area contributed by atoms with Crippen LogP contribution in [0.15, 0.2) is 35.0 Å². The van der Waals surface area contributed by atoms with E-state index < -0.39 is 11.3 Å². The predicted octanol–water partition coefficient (Wildman–Crippen LogP) is 3.96. The van der Waals surface area contributed by atoms with Gasteiger partial charge in [-0.1, -0.05) is 26.0 Å². The van der Waals surface area contributed by atoms with Crippen LogP contribution in [0.4, 0.5) is 5.69 Å². The summed E-state index contributed by atoms with van der Waals surface area (Å²) in [6, 6.07) is 6.87. The van der Waals surface area contributed by atoms with Gasteiger partial charge in [-0.25, -0.2) is 9.97 Å². The highest BCUT2D eigenvalue weighted by Crippen LogP contribution is 2.24. The fourth-order valence-corrected chi connectivity index (χ4v) is 5.16. The molecule has 0 spiro atoms. The van der Waals surface area contributed by atoms with Crippen molar-refractivity contribution in [3.8, 4) is 0 Å². The van der Waals surface area contributed by atoms with Gasteiger partial charge in [0.25, 0.3) is 0 Å². The lowest BCUT2D eigenvalue weighted by atomic mass is 10.1. The highest BCUT2D eigenvalue weighted by atomic mass is 32.2. The van der Waals surface area contributed by atoms with Crippen LogP contribution < -0.4 is 10.0 Å². The van der Waals surface area contributed by atoms with E-state index in [2.05, 4.69) is 33.9 Å². The van der Waals surface area contributed by atoms with Crippen molar-refractivity contribution >= 4 is 45.5 Å². The number of aromatic nitrogens is 2. The molecular weight excluding hydrogens is 452 g/mol. The SMILES string of the molecule is CCc1csc(CCC(=O)N[C@@H](Cc2ccc(NS(=O)[O-])cc2)c2nc(CC)cs2)n1. The van der Waals surface area contributed by atoms with Crippen LogP contribution in [0.2, 0.25) is 0 Å². The summed E-state index contributed by atoms with van der Waals surface area (Å²) in [6.45, 7) is 4.12. The van der Waals surface area contributed by atoms with Crippen LogP contribution >= 0.6 is 22.7 Å². The minimum Gasteiger partial charge on any atom is -0.755 e. The van der Waals surface area contributed by atoms with E-state index in [9.17, 15) is 13.6 Å². The minimum atomic E-state index is -2.36. The number of carbonyl (C=O) groups excluding carboxylic acids is 1. The predicted molar refractivity (Wildman–Crippen MR) is 125 cm³/mol. The van der Waals surface area contributed by atoms with Crippen molar-refractivity contribution in [2.24, 2.45) is 0 Å². The number of anilines is 1. The Morgan fingerprint density at radius 3 is 2.39 bits per heavy atom. The third-order valence-electron chi connectivity index (χ3n) is 4.69. The van der Waals surface area contributed by atoms with E-state index in [0.717, 1.165) is 39.8 Å². The van der Waals surface area contributed by atoms with Gasteiger partial charge in [-0.2, -0.15) is 0 Å². The smallest absolute Gasteiger partial charge is 0.220 e. The van der Waals surface area contributed by atoms with Crippen LogP contribution in [0.1, 0.15) is 53.3 Å². The minimum absolute atomic E-state index is 0.0356. The van der Waals surface area contributed by atoms with Gasteiger partial charge in [-0.05, 0) is 37.0 Å². The van der Waals surface area contributed by atoms with Gasteiger partial charge in [-0.15, -0.1) is 22.7 Å². The summed E-state index contributed by atoms with van der Waals surface area (Å²) in [5.74, 6) is -0.0356. The van der Waals surface area contributed by atoms with Crippen LogP contribution in [-0.4, -0.2) is 24.6 Å². The third-order valence-corrected chi connectivity index (χ3v) is 7.05. The lowest BCUT2D eigenvalue weighted by Gasteiger charge is -2.17. The van der Waals surface area contributed by atoms with Crippen LogP contribution in [0.5, 0.6) is 0 Å². The number of thiazole rings is 2. The van der Waals surface area contributed by atoms with E-state index in [1.54, 1.807) is 34.8 Å². The standard InChI is InChI=1S/C21H26N4O3S3/c1-3-15-12-29-20(22-15)10-9-19(26)24-18(21-23-16(4-2)13-30-21)11-14-5-7-17(8-6-14)25-31(27)28/h5-8,12-13,18,25H,3-4,9-11H2,1-2H3,(H,24,26)(H,27,28)/p-1/t18-/m0/s1. The summed E-state index contributed by atoms with van der Waals surface area (Å²) in [5.41, 5.74) is 3.54. The number of nitrogens with zero attached hydrogens (tertiary/aromatic N) is 2. The number of hydrogen-bond acceptors (Lipinski definition) is 7. The third kappa shape index (κ3) is 7.20. The van der Waals surface area contributed by atoms with Gasteiger partial charge < -0.3 is 14.6 Å². The Morgan fingerprint density at radius 2 is 1.77 bits per heavy atom. The number of aryl methyl sites for hydroxylation is 3. The second kappa shape index (κ2) is 11.5. The van der Waals surface area contributed by atoms with Gasteiger partial charge in [0.2, 0.25) is 5.91 Å². The molecule has 1 aromatic carbocycles. The first-order valence-corrected chi connectivity index (χ1v) is 12.9. The lowest BCUT2D eigenvalue weighted by Crippen LogP contribution is -2.30. The summed E-state index contributed by atoms with van der Waals surface area (Å²) in [7, 11) is 0. The maximum Gasteiger partial charge on any atom is 0.220 e. The highest BCUT2D eigenvalue weighted by molar-refractivity contribution is 7.80. The molecule has 0 fully saturated rings. The number of amides is 1. The van der Waals surface area contributed by atoms with Gasteiger partial charge in [0, 0.05) is 40.6 Å². The molecule has 2 N–H and O–H groups in total. The Kier molecular flexibility index (Phi) is 8.70. The summed E-state index contributed by atoms with van der Waals surface area (Å²) < 4.78 is 23.9. The second-order valence-electron chi connectivity index (χ2n) is 6.97. The maximum atomic E-state index is 12.7. The van der Waals surface area contributed by atoms with Crippen LogP contribution in [0.25, 0.3) is 0 Å². The zero-order chi connectivity index (χ0) is 22.2. The van der Waals surface area contributed by atoms with E-state index in [4.69, 9.17) is 0 Å². The van der Waals surface area contributed by atoms with E-state index in [1.807, 2.05) is 22.9 Å². The summed E-state index contributed by atoms with van der Waals surface area (Å²) >= 11 is 0.783. The second-order valence-corrected chi connectivity index (χ2v) is 9.48. The molecule has 31 heavy (non-hydrogen) atoms. The first-order chi connectivity index (χ1) is 15.0. The van der Waals surface area contributed by atoms with Crippen molar-refractivity contribution in [1.29, 1.82) is 0 Å². The van der Waals surface area contributed by atoms with Crippen molar-refractivity contribution in [2.75, 3.05) is 4.72 Å². The molecule has 2 atom stereocenters. The Labute approximate surface area is 192 Å². The maximum absolute atomic E-state index is 12.7. The molecule has 1 unspecified atom stereocenters. The van der Waals surface area contributed by atoms with E-state index in [-0.39, 0.29) is 11.9 Å². The molecule has 0 aliphatic rings. The monoisotopic (exact) mass is 477 g/mol. The molecule has 7 nitrogen and oxygen atoms in total. The molecule has 3 aromatic rings. The Morgan fingerprint density at radius 1 is 1.10 bits per heavy atom. The first-order valence-electron chi connectivity index (χ1n) is 10.1. The topological polar surface area (TPSA) is 107 Å².